The fourth-order valence-corrected chi connectivity index (χ4v) is 2.94. The van der Waals surface area contributed by atoms with E-state index in [-0.39, 0.29) is 21.3 Å². The third kappa shape index (κ3) is 2.83. The van der Waals surface area contributed by atoms with Gasteiger partial charge >= 0.3 is 5.97 Å². The summed E-state index contributed by atoms with van der Waals surface area (Å²) in [7, 11) is 0. The lowest BCUT2D eigenvalue weighted by Crippen LogP contribution is -2.19. The SMILES string of the molecule is O=C(O)c1ccc(=O)n(-c2c(Cl)cc(Br)cc2Cl)c1. The standard InChI is InChI=1S/C12H6BrCl2NO3/c13-7-3-8(14)11(9(15)4-7)16-5-6(12(18)19)1-2-10(16)17/h1-5H,(H,18,19). The molecule has 2 rings (SSSR count). The van der Waals surface area contributed by atoms with E-state index >= 15 is 0 Å². The van der Waals surface area contributed by atoms with Crippen molar-refractivity contribution in [3.63, 3.8) is 0 Å². The Bertz CT molecular complexity index is 704. The predicted molar refractivity (Wildman–Crippen MR) is 76.7 cm³/mol. The zero-order valence-electron chi connectivity index (χ0n) is 9.23. The number of aromatic nitrogens is 1. The number of nitrogens with zero attached hydrogens (tertiary/aromatic N) is 1. The molecule has 4 nitrogen and oxygen atoms in total. The minimum Gasteiger partial charge on any atom is -0.478 e. The lowest BCUT2D eigenvalue weighted by atomic mass is 10.2. The van der Waals surface area contributed by atoms with E-state index < -0.39 is 11.5 Å². The molecule has 0 spiro atoms. The third-order valence-electron chi connectivity index (χ3n) is 2.38. The lowest BCUT2D eigenvalue weighted by molar-refractivity contribution is 0.0696. The van der Waals surface area contributed by atoms with Crippen LogP contribution in [0.2, 0.25) is 10.0 Å². The quantitative estimate of drug-likeness (QED) is 0.887. The summed E-state index contributed by atoms with van der Waals surface area (Å²) in [4.78, 5) is 22.8. The van der Waals surface area contributed by atoms with Crippen LogP contribution in [0.3, 0.4) is 0 Å². The Morgan fingerprint density at radius 1 is 1.21 bits per heavy atom. The maximum Gasteiger partial charge on any atom is 0.337 e. The first-order valence-electron chi connectivity index (χ1n) is 5.01. The first kappa shape index (κ1) is 14.1. The highest BCUT2D eigenvalue weighted by molar-refractivity contribution is 9.10. The van der Waals surface area contributed by atoms with Gasteiger partial charge in [-0.2, -0.15) is 0 Å². The van der Waals surface area contributed by atoms with Crippen molar-refractivity contribution in [1.82, 2.24) is 4.57 Å². The Kier molecular flexibility index (Phi) is 3.99. The van der Waals surface area contributed by atoms with Crippen molar-refractivity contribution in [2.75, 3.05) is 0 Å². The molecule has 0 radical (unpaired) electrons. The summed E-state index contributed by atoms with van der Waals surface area (Å²) in [6.07, 6.45) is 1.19. The Morgan fingerprint density at radius 3 is 2.32 bits per heavy atom. The summed E-state index contributed by atoms with van der Waals surface area (Å²) < 4.78 is 1.77. The number of benzene rings is 1. The van der Waals surface area contributed by atoms with Gasteiger partial charge in [0.25, 0.3) is 5.56 Å². The van der Waals surface area contributed by atoms with Gasteiger partial charge in [0.05, 0.1) is 21.3 Å². The van der Waals surface area contributed by atoms with E-state index in [4.69, 9.17) is 28.3 Å². The predicted octanol–water partition coefficient (Wildman–Crippen LogP) is 3.61. The van der Waals surface area contributed by atoms with Crippen LogP contribution in [0.1, 0.15) is 10.4 Å². The Morgan fingerprint density at radius 2 is 1.79 bits per heavy atom. The molecule has 1 heterocycles. The highest BCUT2D eigenvalue weighted by atomic mass is 79.9. The molecule has 0 unspecified atom stereocenters. The number of rotatable bonds is 2. The molecule has 0 atom stereocenters. The molecule has 19 heavy (non-hydrogen) atoms. The van der Waals surface area contributed by atoms with Gasteiger partial charge in [-0.15, -0.1) is 0 Å². The number of hydrogen-bond acceptors (Lipinski definition) is 2. The molecular weight excluding hydrogens is 357 g/mol. The van der Waals surface area contributed by atoms with Gasteiger partial charge < -0.3 is 5.11 Å². The highest BCUT2D eigenvalue weighted by Gasteiger charge is 2.13. The van der Waals surface area contributed by atoms with Gasteiger partial charge in [-0.05, 0) is 18.2 Å². The molecule has 1 N–H and O–H groups in total. The zero-order chi connectivity index (χ0) is 14.2. The largest absolute Gasteiger partial charge is 0.478 e. The van der Waals surface area contributed by atoms with Gasteiger partial charge in [0.1, 0.15) is 0 Å². The molecule has 98 valence electrons. The van der Waals surface area contributed by atoms with E-state index in [2.05, 4.69) is 15.9 Å². The molecule has 1 aromatic heterocycles. The minimum absolute atomic E-state index is 0.0327. The summed E-state index contributed by atoms with van der Waals surface area (Å²) in [5.74, 6) is -1.14. The minimum atomic E-state index is -1.14. The zero-order valence-corrected chi connectivity index (χ0v) is 12.3. The number of pyridine rings is 1. The highest BCUT2D eigenvalue weighted by Crippen LogP contribution is 2.31. The van der Waals surface area contributed by atoms with E-state index in [1.165, 1.54) is 12.3 Å². The fourth-order valence-electron chi connectivity index (χ4n) is 1.55. The molecular formula is C12H6BrCl2NO3. The van der Waals surface area contributed by atoms with Crippen LogP contribution in [0.4, 0.5) is 0 Å². The van der Waals surface area contributed by atoms with Crippen LogP contribution in [-0.4, -0.2) is 15.6 Å². The van der Waals surface area contributed by atoms with Crippen LogP contribution in [0.15, 0.2) is 39.7 Å². The Labute approximate surface area is 126 Å². The van der Waals surface area contributed by atoms with Crippen molar-refractivity contribution in [3.8, 4) is 5.69 Å². The Balaban J connectivity index is 2.75. The van der Waals surface area contributed by atoms with Crippen LogP contribution in [-0.2, 0) is 0 Å². The van der Waals surface area contributed by atoms with Crippen molar-refractivity contribution >= 4 is 45.1 Å². The maximum absolute atomic E-state index is 11.8. The van der Waals surface area contributed by atoms with Crippen molar-refractivity contribution < 1.29 is 9.90 Å². The average molecular weight is 363 g/mol. The van der Waals surface area contributed by atoms with Crippen LogP contribution in [0.25, 0.3) is 5.69 Å². The summed E-state index contributed by atoms with van der Waals surface area (Å²) in [6, 6.07) is 5.52. The van der Waals surface area contributed by atoms with Gasteiger partial charge in [-0.25, -0.2) is 4.79 Å². The summed E-state index contributed by atoms with van der Waals surface area (Å²) in [6.45, 7) is 0. The van der Waals surface area contributed by atoms with Crippen molar-refractivity contribution in [2.24, 2.45) is 0 Å². The van der Waals surface area contributed by atoms with Crippen LogP contribution < -0.4 is 5.56 Å². The first-order valence-corrected chi connectivity index (χ1v) is 6.56. The summed E-state index contributed by atoms with van der Waals surface area (Å²) in [5.41, 5.74) is -0.203. The van der Waals surface area contributed by atoms with Crippen molar-refractivity contribution in [2.45, 2.75) is 0 Å². The van der Waals surface area contributed by atoms with E-state index in [0.717, 1.165) is 10.6 Å². The number of carboxylic acid groups (broad SMARTS) is 1. The number of carboxylic acids is 1. The van der Waals surface area contributed by atoms with E-state index in [1.807, 2.05) is 0 Å². The molecule has 0 bridgehead atoms. The fraction of sp³-hybridized carbons (Fsp3) is 0. The molecule has 1 aromatic carbocycles. The third-order valence-corrected chi connectivity index (χ3v) is 3.41. The molecule has 2 aromatic rings. The molecule has 0 saturated carbocycles. The van der Waals surface area contributed by atoms with Gasteiger partial charge in [-0.1, -0.05) is 39.1 Å². The molecule has 0 fully saturated rings. The van der Waals surface area contributed by atoms with Crippen LogP contribution >= 0.6 is 39.1 Å². The lowest BCUT2D eigenvalue weighted by Gasteiger charge is -2.11. The van der Waals surface area contributed by atoms with Gasteiger partial charge in [0.2, 0.25) is 0 Å². The second-order valence-corrected chi connectivity index (χ2v) is 5.38. The second-order valence-electron chi connectivity index (χ2n) is 3.65. The molecule has 0 aliphatic rings. The molecule has 7 heteroatoms. The topological polar surface area (TPSA) is 59.3 Å². The summed E-state index contributed by atoms with van der Waals surface area (Å²) in [5, 5.41) is 9.42. The van der Waals surface area contributed by atoms with Crippen molar-refractivity contribution in [1.29, 1.82) is 0 Å². The van der Waals surface area contributed by atoms with Gasteiger partial charge in [0, 0.05) is 16.7 Å². The molecule has 0 aliphatic heterocycles. The van der Waals surface area contributed by atoms with E-state index in [1.54, 1.807) is 12.1 Å². The Hall–Kier alpha value is -1.30. The van der Waals surface area contributed by atoms with Crippen LogP contribution in [0.5, 0.6) is 0 Å². The smallest absolute Gasteiger partial charge is 0.337 e. The monoisotopic (exact) mass is 361 g/mol. The van der Waals surface area contributed by atoms with Crippen molar-refractivity contribution in [3.05, 3.63) is 60.9 Å². The normalized spacial score (nSPS) is 10.5. The number of aromatic carboxylic acids is 1. The van der Waals surface area contributed by atoms with Gasteiger partial charge in [-0.3, -0.25) is 9.36 Å². The molecule has 0 amide bonds. The number of hydrogen-bond donors (Lipinski definition) is 1. The number of carbonyl (C=O) groups is 1. The van der Waals surface area contributed by atoms with Gasteiger partial charge in [0.15, 0.2) is 0 Å². The molecule has 0 saturated heterocycles. The second kappa shape index (κ2) is 5.36. The molecule has 0 aliphatic carbocycles. The van der Waals surface area contributed by atoms with E-state index in [0.29, 0.717) is 4.47 Å². The van der Waals surface area contributed by atoms with E-state index in [9.17, 15) is 9.59 Å². The summed E-state index contributed by atoms with van der Waals surface area (Å²) >= 11 is 15.3. The maximum atomic E-state index is 11.8. The van der Waals surface area contributed by atoms with Crippen LogP contribution in [0, 0.1) is 0 Å². The first-order chi connectivity index (χ1) is 8.90. The number of halogens is 3. The average Bonchev–Trinajstić information content (AvgIpc) is 2.29.